The summed E-state index contributed by atoms with van der Waals surface area (Å²) in [5, 5.41) is 2.50. The number of anilines is 1. The molecule has 0 radical (unpaired) electrons. The van der Waals surface area contributed by atoms with Crippen molar-refractivity contribution in [1.82, 2.24) is 4.98 Å². The minimum Gasteiger partial charge on any atom is -0.480 e. The highest BCUT2D eigenvalue weighted by Crippen LogP contribution is 2.18. The van der Waals surface area contributed by atoms with Crippen LogP contribution >= 0.6 is 0 Å². The molecule has 1 heterocycles. The van der Waals surface area contributed by atoms with Crippen LogP contribution in [-0.2, 0) is 9.53 Å². The van der Waals surface area contributed by atoms with Crippen molar-refractivity contribution < 1.29 is 19.1 Å². The first-order valence-electron chi connectivity index (χ1n) is 5.38. The van der Waals surface area contributed by atoms with E-state index in [-0.39, 0.29) is 18.1 Å². The Balaban J connectivity index is 2.88. The van der Waals surface area contributed by atoms with Crippen LogP contribution in [0.5, 0.6) is 5.88 Å². The maximum Gasteiger partial charge on any atom is 0.254 e. The number of hydrogen-bond donors (Lipinski definition) is 3. The van der Waals surface area contributed by atoms with Gasteiger partial charge in [-0.25, -0.2) is 4.98 Å². The van der Waals surface area contributed by atoms with Crippen molar-refractivity contribution in [1.29, 1.82) is 0 Å². The van der Waals surface area contributed by atoms with Crippen molar-refractivity contribution in [2.75, 3.05) is 26.1 Å². The lowest BCUT2D eigenvalue weighted by Crippen LogP contribution is -2.39. The van der Waals surface area contributed by atoms with Gasteiger partial charge in [0.15, 0.2) is 0 Å². The molecule has 0 aliphatic heterocycles. The van der Waals surface area contributed by atoms with E-state index in [0.717, 1.165) is 0 Å². The molecular formula is C11H16N4O4. The Labute approximate surface area is 110 Å². The summed E-state index contributed by atoms with van der Waals surface area (Å²) >= 11 is 0. The minimum atomic E-state index is -0.816. The zero-order chi connectivity index (χ0) is 14.4. The molecule has 8 heteroatoms. The number of hydrogen-bond acceptors (Lipinski definition) is 6. The molecule has 0 saturated heterocycles. The van der Waals surface area contributed by atoms with Crippen molar-refractivity contribution >= 4 is 17.5 Å². The number of aromatic nitrogens is 1. The topological polar surface area (TPSA) is 130 Å². The zero-order valence-corrected chi connectivity index (χ0v) is 10.7. The van der Waals surface area contributed by atoms with E-state index in [1.165, 1.54) is 26.5 Å². The molecule has 0 fully saturated rings. The molecule has 0 aromatic carbocycles. The van der Waals surface area contributed by atoms with Crippen LogP contribution in [0, 0.1) is 0 Å². The number of carbonyl (C=O) groups is 2. The Hall–Kier alpha value is -2.19. The fourth-order valence-corrected chi connectivity index (χ4v) is 1.35. The monoisotopic (exact) mass is 268 g/mol. The zero-order valence-electron chi connectivity index (χ0n) is 10.7. The van der Waals surface area contributed by atoms with Crippen LogP contribution in [-0.4, -0.2) is 43.7 Å². The predicted octanol–water partition coefficient (Wildman–Crippen LogP) is -0.899. The molecule has 1 aromatic heterocycles. The molecule has 1 rings (SSSR count). The number of pyridine rings is 1. The largest absolute Gasteiger partial charge is 0.480 e. The molecule has 1 aromatic rings. The number of nitrogens with one attached hydrogen (secondary N) is 1. The first-order valence-corrected chi connectivity index (χ1v) is 5.38. The summed E-state index contributed by atoms with van der Waals surface area (Å²) in [6, 6.07) is 0.551. The van der Waals surface area contributed by atoms with Crippen molar-refractivity contribution in [3.05, 3.63) is 17.8 Å². The Kier molecular flexibility index (Phi) is 5.22. The second-order valence-corrected chi connectivity index (χ2v) is 3.70. The van der Waals surface area contributed by atoms with Gasteiger partial charge in [0, 0.05) is 7.11 Å². The van der Waals surface area contributed by atoms with Gasteiger partial charge in [-0.2, -0.15) is 0 Å². The fraction of sp³-hybridized carbons (Fsp3) is 0.364. The average molecular weight is 268 g/mol. The van der Waals surface area contributed by atoms with Gasteiger partial charge < -0.3 is 26.3 Å². The third kappa shape index (κ3) is 3.90. The minimum absolute atomic E-state index is 0.0700. The van der Waals surface area contributed by atoms with E-state index < -0.39 is 17.9 Å². The standard InChI is InChI=1S/C11H16N4O4/c1-18-5-8(12)10(17)15-6-3-7(9(13)16)11(19-2)14-4-6/h3-4,8H,5,12H2,1-2H3,(H2,13,16)(H,15,17). The molecule has 0 bridgehead atoms. The van der Waals surface area contributed by atoms with E-state index >= 15 is 0 Å². The lowest BCUT2D eigenvalue weighted by atomic mass is 10.2. The maximum atomic E-state index is 11.6. The third-order valence-electron chi connectivity index (χ3n) is 2.26. The first-order chi connectivity index (χ1) is 8.99. The second-order valence-electron chi connectivity index (χ2n) is 3.70. The van der Waals surface area contributed by atoms with Gasteiger partial charge in [0.25, 0.3) is 5.91 Å². The van der Waals surface area contributed by atoms with E-state index in [1.807, 2.05) is 0 Å². The Morgan fingerprint density at radius 1 is 1.47 bits per heavy atom. The van der Waals surface area contributed by atoms with E-state index in [4.69, 9.17) is 20.9 Å². The van der Waals surface area contributed by atoms with E-state index in [0.29, 0.717) is 5.69 Å². The van der Waals surface area contributed by atoms with Crippen LogP contribution in [0.4, 0.5) is 5.69 Å². The predicted molar refractivity (Wildman–Crippen MR) is 67.8 cm³/mol. The Morgan fingerprint density at radius 2 is 2.16 bits per heavy atom. The van der Waals surface area contributed by atoms with E-state index in [2.05, 4.69) is 10.3 Å². The first kappa shape index (κ1) is 14.9. The van der Waals surface area contributed by atoms with E-state index in [9.17, 15) is 9.59 Å². The second kappa shape index (κ2) is 6.66. The van der Waals surface area contributed by atoms with Gasteiger partial charge in [0.2, 0.25) is 11.8 Å². The molecule has 2 amide bonds. The molecule has 5 N–H and O–H groups in total. The van der Waals surface area contributed by atoms with Crippen molar-refractivity contribution in [2.24, 2.45) is 11.5 Å². The number of amides is 2. The molecule has 0 aliphatic carbocycles. The van der Waals surface area contributed by atoms with Gasteiger partial charge >= 0.3 is 0 Å². The van der Waals surface area contributed by atoms with Crippen LogP contribution < -0.4 is 21.5 Å². The molecule has 1 unspecified atom stereocenters. The molecule has 19 heavy (non-hydrogen) atoms. The van der Waals surface area contributed by atoms with Crippen LogP contribution in [0.1, 0.15) is 10.4 Å². The fourth-order valence-electron chi connectivity index (χ4n) is 1.35. The van der Waals surface area contributed by atoms with Gasteiger partial charge in [-0.05, 0) is 6.07 Å². The Morgan fingerprint density at radius 3 is 2.68 bits per heavy atom. The lowest BCUT2D eigenvalue weighted by molar-refractivity contribution is -0.118. The van der Waals surface area contributed by atoms with Crippen LogP contribution in [0.25, 0.3) is 0 Å². The van der Waals surface area contributed by atoms with Crippen molar-refractivity contribution in [3.63, 3.8) is 0 Å². The molecular weight excluding hydrogens is 252 g/mol. The van der Waals surface area contributed by atoms with Gasteiger partial charge in [-0.15, -0.1) is 0 Å². The van der Waals surface area contributed by atoms with Gasteiger partial charge in [-0.1, -0.05) is 0 Å². The van der Waals surface area contributed by atoms with Crippen LogP contribution in [0.3, 0.4) is 0 Å². The van der Waals surface area contributed by atoms with Crippen LogP contribution in [0.2, 0.25) is 0 Å². The number of methoxy groups -OCH3 is 2. The Bertz CT molecular complexity index is 478. The summed E-state index contributed by atoms with van der Waals surface area (Å²) in [5.74, 6) is -1.07. The third-order valence-corrected chi connectivity index (χ3v) is 2.26. The summed E-state index contributed by atoms with van der Waals surface area (Å²) in [4.78, 5) is 26.7. The number of nitrogens with zero attached hydrogens (tertiary/aromatic N) is 1. The quantitative estimate of drug-likeness (QED) is 0.613. The smallest absolute Gasteiger partial charge is 0.254 e. The highest BCUT2D eigenvalue weighted by Gasteiger charge is 2.16. The lowest BCUT2D eigenvalue weighted by Gasteiger charge is -2.12. The van der Waals surface area contributed by atoms with Crippen LogP contribution in [0.15, 0.2) is 12.3 Å². The number of rotatable bonds is 6. The number of ether oxygens (including phenoxy) is 2. The summed E-state index contributed by atoms with van der Waals surface area (Å²) in [7, 11) is 2.80. The maximum absolute atomic E-state index is 11.6. The van der Waals surface area contributed by atoms with Crippen molar-refractivity contribution in [2.45, 2.75) is 6.04 Å². The number of nitrogens with two attached hydrogens (primary N) is 2. The van der Waals surface area contributed by atoms with Gasteiger partial charge in [0.1, 0.15) is 11.6 Å². The molecule has 8 nitrogen and oxygen atoms in total. The molecule has 0 aliphatic rings. The number of primary amides is 1. The summed E-state index contributed by atoms with van der Waals surface area (Å²) in [5.41, 5.74) is 11.1. The number of carbonyl (C=O) groups excluding carboxylic acids is 2. The molecule has 1 atom stereocenters. The molecule has 104 valence electrons. The molecule has 0 spiro atoms. The normalized spacial score (nSPS) is 11.7. The van der Waals surface area contributed by atoms with Gasteiger partial charge in [0.05, 0.1) is 25.6 Å². The van der Waals surface area contributed by atoms with Gasteiger partial charge in [-0.3, -0.25) is 9.59 Å². The summed E-state index contributed by atoms with van der Waals surface area (Å²) in [6.45, 7) is 0.0814. The highest BCUT2D eigenvalue weighted by molar-refractivity contribution is 5.98. The molecule has 0 saturated carbocycles. The SMILES string of the molecule is COCC(N)C(=O)Nc1cnc(OC)c(C(N)=O)c1. The average Bonchev–Trinajstić information content (AvgIpc) is 2.38. The highest BCUT2D eigenvalue weighted by atomic mass is 16.5. The summed E-state index contributed by atoms with van der Waals surface area (Å²) < 4.78 is 9.65. The van der Waals surface area contributed by atoms with Crippen molar-refractivity contribution in [3.8, 4) is 5.88 Å². The van der Waals surface area contributed by atoms with E-state index in [1.54, 1.807) is 0 Å². The summed E-state index contributed by atoms with van der Waals surface area (Å²) in [6.07, 6.45) is 1.34.